The van der Waals surface area contributed by atoms with Crippen molar-refractivity contribution in [3.8, 4) is 0 Å². The second-order valence-corrected chi connectivity index (χ2v) is 2.02. The third-order valence-electron chi connectivity index (χ3n) is 1.22. The van der Waals surface area contributed by atoms with E-state index >= 15 is 0 Å². The van der Waals surface area contributed by atoms with E-state index in [1.807, 2.05) is 46.8 Å². The first-order valence-corrected chi connectivity index (χ1v) is 5.12. The molecule has 1 rings (SSSR count). The molecule has 0 saturated carbocycles. The molecular formula is C12H26BN2. The molecule has 0 N–H and O–H groups in total. The van der Waals surface area contributed by atoms with Crippen LogP contribution in [0.15, 0.2) is 12.1 Å². The van der Waals surface area contributed by atoms with E-state index < -0.39 is 0 Å². The van der Waals surface area contributed by atoms with Gasteiger partial charge >= 0.3 is 0 Å². The van der Waals surface area contributed by atoms with E-state index in [2.05, 4.69) is 17.1 Å². The molecule has 0 aliphatic carbocycles. The number of aromatic nitrogens is 2. The average molecular weight is 211 g/mol. The van der Waals surface area contributed by atoms with Gasteiger partial charge in [0, 0.05) is 9.78 Å². The summed E-state index contributed by atoms with van der Waals surface area (Å²) >= 11 is 0. The molecule has 0 aromatic carbocycles. The smallest absolute Gasteiger partial charge is 0.0628 e. The molecule has 1 aromatic heterocycles. The molecule has 87 valence electrons. The zero-order valence-corrected chi connectivity index (χ0v) is 11.3. The summed E-state index contributed by atoms with van der Waals surface area (Å²) in [6.45, 7) is 12.0. The Balaban J connectivity index is -0.0000000900. The molecule has 0 amide bonds. The summed E-state index contributed by atoms with van der Waals surface area (Å²) in [5.74, 6) is 0. The normalized spacial score (nSPS) is 7.00. The number of hydrogen-bond donors (Lipinski definition) is 0. The summed E-state index contributed by atoms with van der Waals surface area (Å²) in [5.41, 5.74) is 2.04. The molecule has 0 saturated heterocycles. The summed E-state index contributed by atoms with van der Waals surface area (Å²) in [6.07, 6.45) is 0.966. The molecule has 0 aliphatic rings. The summed E-state index contributed by atoms with van der Waals surface area (Å²) in [6, 6.07) is 3.98. The highest BCUT2D eigenvalue weighted by molar-refractivity contribution is 5.75. The van der Waals surface area contributed by atoms with Crippen LogP contribution in [0.5, 0.6) is 0 Å². The highest BCUT2D eigenvalue weighted by atomic mass is 15.1. The lowest BCUT2D eigenvalue weighted by molar-refractivity contribution is 0.893. The van der Waals surface area contributed by atoms with Gasteiger partial charge in [-0.15, -0.1) is 0 Å². The molecule has 0 atom stereocenters. The predicted octanol–water partition coefficient (Wildman–Crippen LogP) is 3.66. The second kappa shape index (κ2) is 18.8. The fraction of sp³-hybridized carbons (Fsp3) is 0.667. The van der Waals surface area contributed by atoms with Crippen LogP contribution in [-0.2, 0) is 6.42 Å². The van der Waals surface area contributed by atoms with Gasteiger partial charge in [0.15, 0.2) is 0 Å². The minimum absolute atomic E-state index is 0. The van der Waals surface area contributed by atoms with Crippen molar-refractivity contribution in [2.75, 3.05) is 0 Å². The minimum atomic E-state index is 0. The second-order valence-electron chi connectivity index (χ2n) is 2.02. The Morgan fingerprint density at radius 1 is 1.13 bits per heavy atom. The van der Waals surface area contributed by atoms with Crippen LogP contribution in [-0.4, -0.2) is 18.6 Å². The largest absolute Gasteiger partial charge is 0.156 e. The number of aryl methyl sites for hydroxylation is 2. The van der Waals surface area contributed by atoms with Crippen molar-refractivity contribution < 1.29 is 1.37 Å². The Labute approximate surface area is 99.5 Å². The Bertz CT molecular complexity index is 191. The van der Waals surface area contributed by atoms with Crippen molar-refractivity contribution in [3.05, 3.63) is 23.5 Å². The molecule has 0 bridgehead atoms. The van der Waals surface area contributed by atoms with Gasteiger partial charge in [0.1, 0.15) is 0 Å². The predicted molar refractivity (Wildman–Crippen MR) is 71.3 cm³/mol. The number of hydrogen-bond acceptors (Lipinski definition) is 2. The number of nitrogens with zero attached hydrogens (tertiary/aromatic N) is 2. The maximum absolute atomic E-state index is 5.75. The van der Waals surface area contributed by atoms with Crippen molar-refractivity contribution in [1.29, 1.82) is 0 Å². The molecule has 15 heavy (non-hydrogen) atoms. The van der Waals surface area contributed by atoms with Crippen LogP contribution in [0.1, 0.15) is 54.8 Å². The van der Waals surface area contributed by atoms with Crippen LogP contribution in [0, 0.1) is 6.92 Å². The van der Waals surface area contributed by atoms with Gasteiger partial charge in [-0.3, -0.25) is 0 Å². The molecule has 1 aromatic rings. The molecular weight excluding hydrogens is 183 g/mol. The van der Waals surface area contributed by atoms with E-state index in [4.69, 9.17) is 1.37 Å². The van der Waals surface area contributed by atoms with Crippen LogP contribution < -0.4 is 0 Å². The summed E-state index contributed by atoms with van der Waals surface area (Å²) in [7, 11) is 1.25. The first-order chi connectivity index (χ1) is 7.33. The van der Waals surface area contributed by atoms with E-state index in [1.54, 1.807) is 0 Å². The summed E-state index contributed by atoms with van der Waals surface area (Å²) in [4.78, 5) is 0. The molecule has 0 unspecified atom stereocenters. The van der Waals surface area contributed by atoms with Crippen LogP contribution in [0.25, 0.3) is 0 Å². The Hall–Kier alpha value is -0.855. The maximum Gasteiger partial charge on any atom is 0.0628 e. The van der Waals surface area contributed by atoms with E-state index in [0.717, 1.165) is 17.8 Å². The molecule has 1 heterocycles. The first kappa shape index (κ1) is 19.7. The quantitative estimate of drug-likeness (QED) is 0.662. The average Bonchev–Trinajstić information content (AvgIpc) is 2.38. The lowest BCUT2D eigenvalue weighted by Crippen LogP contribution is -1.90. The topological polar surface area (TPSA) is 25.8 Å². The van der Waals surface area contributed by atoms with Crippen LogP contribution in [0.3, 0.4) is 0 Å². The van der Waals surface area contributed by atoms with Crippen molar-refractivity contribution in [2.24, 2.45) is 0 Å². The van der Waals surface area contributed by atoms with Gasteiger partial charge in [0.2, 0.25) is 0 Å². The minimum Gasteiger partial charge on any atom is -0.156 e. The highest BCUT2D eigenvalue weighted by Gasteiger charge is 1.88. The van der Waals surface area contributed by atoms with Gasteiger partial charge in [-0.05, 0) is 25.5 Å². The molecule has 0 aliphatic heterocycles. The molecule has 0 fully saturated rings. The lowest BCUT2D eigenvalue weighted by Gasteiger charge is -1.91. The van der Waals surface area contributed by atoms with Gasteiger partial charge in [0.25, 0.3) is 0 Å². The fourth-order valence-corrected chi connectivity index (χ4v) is 0.615. The van der Waals surface area contributed by atoms with E-state index in [-0.39, 0.29) is 8.41 Å². The molecule has 3 radical (unpaired) electrons. The van der Waals surface area contributed by atoms with Crippen molar-refractivity contribution in [1.82, 2.24) is 10.2 Å². The van der Waals surface area contributed by atoms with Crippen LogP contribution in [0.4, 0.5) is 0 Å². The molecule has 0 spiro atoms. The van der Waals surface area contributed by atoms with Gasteiger partial charge in [0.05, 0.1) is 11.4 Å². The van der Waals surface area contributed by atoms with E-state index in [9.17, 15) is 0 Å². The Morgan fingerprint density at radius 3 is 1.87 bits per heavy atom. The fourth-order valence-electron chi connectivity index (χ4n) is 0.615. The van der Waals surface area contributed by atoms with Crippen molar-refractivity contribution in [2.45, 2.75) is 55.4 Å². The first-order valence-electron chi connectivity index (χ1n) is 6.12. The Kier molecular flexibility index (Phi) is 24.7. The highest BCUT2D eigenvalue weighted by Crippen LogP contribution is 1.94. The summed E-state index contributed by atoms with van der Waals surface area (Å²) in [5, 5.41) is 7.85. The van der Waals surface area contributed by atoms with Gasteiger partial charge < -0.3 is 0 Å². The zero-order chi connectivity index (χ0) is 12.7. The van der Waals surface area contributed by atoms with Crippen molar-refractivity contribution >= 4 is 8.41 Å². The van der Waals surface area contributed by atoms with Gasteiger partial charge in [-0.1, -0.05) is 42.0 Å². The third kappa shape index (κ3) is 13.1. The van der Waals surface area contributed by atoms with E-state index in [1.165, 1.54) is 7.40 Å². The third-order valence-corrected chi connectivity index (χ3v) is 1.22. The van der Waals surface area contributed by atoms with Crippen LogP contribution in [0.2, 0.25) is 0 Å². The van der Waals surface area contributed by atoms with Crippen LogP contribution >= 0.6 is 0 Å². The van der Waals surface area contributed by atoms with E-state index in [0.29, 0.717) is 0 Å². The SMILES string of the molecule is CC.CC.CCc1ccc(C)nn1.[3H]C.[B]. The zero-order valence-electron chi connectivity index (χ0n) is 12.3. The van der Waals surface area contributed by atoms with Crippen molar-refractivity contribution in [3.63, 3.8) is 0 Å². The van der Waals surface area contributed by atoms with Gasteiger partial charge in [-0.2, -0.15) is 10.2 Å². The van der Waals surface area contributed by atoms with Gasteiger partial charge in [-0.25, -0.2) is 0 Å². The summed E-state index contributed by atoms with van der Waals surface area (Å²) < 4.78 is 5.75. The molecule has 2 nitrogen and oxygen atoms in total. The monoisotopic (exact) mass is 211 g/mol. The standard InChI is InChI=1S/C7H10N2.2C2H6.CH4.B/c1-3-7-5-4-6(2)8-9-7;2*1-2;;/h4-5H,3H2,1-2H3;2*1-2H3;1H4;/i;;;1T;. The maximum atomic E-state index is 5.75. The lowest BCUT2D eigenvalue weighted by atomic mass is 10.3. The molecule has 3 heteroatoms. The number of rotatable bonds is 1. The Morgan fingerprint density at radius 2 is 1.60 bits per heavy atom.